The number of aliphatic carboxylic acids is 2. The quantitative estimate of drug-likeness (QED) is 0.368. The van der Waals surface area contributed by atoms with Gasteiger partial charge in [0.25, 0.3) is 5.69 Å². The fourth-order valence-electron chi connectivity index (χ4n) is 0.893. The number of rotatable bonds is 2. The Morgan fingerprint density at radius 3 is 1.86 bits per heavy atom. The number of carboxylic acids is 2. The Balaban J connectivity index is 0. The molecule has 118 valence electrons. The van der Waals surface area contributed by atoms with Gasteiger partial charge in [-0.25, -0.2) is 4.39 Å². The van der Waals surface area contributed by atoms with Crippen molar-refractivity contribution in [3.05, 3.63) is 39.7 Å². The monoisotopic (exact) mass is 305 g/mol. The molecule has 0 saturated carbocycles. The molecule has 0 amide bonds. The number of nitrogens with zero attached hydrogens (tertiary/aromatic N) is 1. The van der Waals surface area contributed by atoms with Crippen LogP contribution < -0.4 is 10.2 Å². The van der Waals surface area contributed by atoms with E-state index in [0.29, 0.717) is 6.07 Å². The zero-order chi connectivity index (χ0) is 17.2. The Bertz CT molecular complexity index is 483. The second-order valence-electron chi connectivity index (χ2n) is 3.32. The van der Waals surface area contributed by atoms with Gasteiger partial charge >= 0.3 is 0 Å². The van der Waals surface area contributed by atoms with Crippen LogP contribution in [0, 0.1) is 15.9 Å². The summed E-state index contributed by atoms with van der Waals surface area (Å²) in [6.07, 6.45) is -1.97. The summed E-state index contributed by atoms with van der Waals surface area (Å²) in [7, 11) is 0. The van der Waals surface area contributed by atoms with Crippen molar-refractivity contribution in [3.8, 4) is 0 Å². The summed E-state index contributed by atoms with van der Waals surface area (Å²) < 4.78 is 12.5. The highest BCUT2D eigenvalue weighted by atomic mass is 19.1. The molecule has 0 spiro atoms. The summed E-state index contributed by atoms with van der Waals surface area (Å²) in [4.78, 5) is 27.2. The zero-order valence-electron chi connectivity index (χ0n) is 11.0. The molecular formula is C11H12FNO8-2. The first-order chi connectivity index (χ1) is 9.48. The molecule has 2 N–H and O–H groups in total. The maximum atomic E-state index is 12.5. The Morgan fingerprint density at radius 2 is 1.57 bits per heavy atom. The smallest absolute Gasteiger partial charge is 0.280 e. The first-order valence-electron chi connectivity index (χ1n) is 5.14. The molecule has 10 heteroatoms. The van der Waals surface area contributed by atoms with E-state index >= 15 is 0 Å². The van der Waals surface area contributed by atoms with Gasteiger partial charge in [-0.1, -0.05) is 0 Å². The van der Waals surface area contributed by atoms with Gasteiger partial charge in [0.2, 0.25) is 0 Å². The van der Waals surface area contributed by atoms with Crippen LogP contribution in [0.2, 0.25) is 0 Å². The molecule has 0 aliphatic heterocycles. The number of carbonyl (C=O) groups is 2. The van der Waals surface area contributed by atoms with Gasteiger partial charge in [0.15, 0.2) is 6.29 Å². The van der Waals surface area contributed by atoms with Crippen molar-refractivity contribution in [1.29, 1.82) is 0 Å². The van der Waals surface area contributed by atoms with Crippen molar-refractivity contribution in [2.45, 2.75) is 20.1 Å². The topological polar surface area (TPSA) is 164 Å². The molecule has 0 radical (unpaired) electrons. The van der Waals surface area contributed by atoms with E-state index in [1.54, 1.807) is 0 Å². The molecule has 0 aliphatic carbocycles. The highest BCUT2D eigenvalue weighted by Crippen LogP contribution is 2.24. The van der Waals surface area contributed by atoms with Crippen LogP contribution in [0.3, 0.4) is 0 Å². The molecule has 0 saturated heterocycles. The number of aliphatic hydroxyl groups excluding tert-OH is 1. The van der Waals surface area contributed by atoms with E-state index in [1.807, 2.05) is 0 Å². The molecule has 0 aliphatic rings. The molecule has 0 atom stereocenters. The maximum Gasteiger partial charge on any atom is 0.280 e. The van der Waals surface area contributed by atoms with E-state index in [1.165, 1.54) is 0 Å². The average Bonchev–Trinajstić information content (AvgIpc) is 2.26. The Kier molecular flexibility index (Phi) is 10.1. The number of hydrogen-bond acceptors (Lipinski definition) is 8. The molecule has 1 aromatic rings. The largest absolute Gasteiger partial charge is 0.550 e. The molecule has 9 nitrogen and oxygen atoms in total. The molecule has 0 heterocycles. The lowest BCUT2D eigenvalue weighted by Crippen LogP contribution is -2.16. The molecule has 1 rings (SSSR count). The van der Waals surface area contributed by atoms with E-state index < -0.39 is 34.7 Å². The summed E-state index contributed by atoms with van der Waals surface area (Å²) in [6, 6.07) is 2.51. The lowest BCUT2D eigenvalue weighted by Gasteiger charge is -2.03. The number of nitro benzene ring substituents is 1. The Labute approximate surface area is 118 Å². The minimum absolute atomic E-state index is 0.327. The zero-order valence-corrected chi connectivity index (χ0v) is 11.0. The summed E-state index contributed by atoms with van der Waals surface area (Å²) in [5.74, 6) is -2.96. The van der Waals surface area contributed by atoms with Crippen molar-refractivity contribution < 1.29 is 39.3 Å². The number of carboxylic acid groups (broad SMARTS) is 2. The van der Waals surface area contributed by atoms with Gasteiger partial charge in [-0.15, -0.1) is 0 Å². The molecule has 0 fully saturated rings. The van der Waals surface area contributed by atoms with Gasteiger partial charge < -0.3 is 30.0 Å². The van der Waals surface area contributed by atoms with Crippen LogP contribution in [-0.2, 0) is 9.59 Å². The van der Waals surface area contributed by atoms with Crippen LogP contribution in [0.5, 0.6) is 0 Å². The minimum atomic E-state index is -1.97. The number of aliphatic hydroxyl groups is 2. The van der Waals surface area contributed by atoms with Crippen LogP contribution in [-0.4, -0.2) is 27.1 Å². The lowest BCUT2D eigenvalue weighted by molar-refractivity contribution is -0.387. The molecule has 0 aromatic heterocycles. The normalized spacial score (nSPS) is 8.86. The highest BCUT2D eigenvalue weighted by molar-refractivity contribution is 5.60. The van der Waals surface area contributed by atoms with Gasteiger partial charge in [0, 0.05) is 11.9 Å². The summed E-state index contributed by atoms with van der Waals surface area (Å²) in [5.41, 5.74) is -0.971. The van der Waals surface area contributed by atoms with Gasteiger partial charge in [-0.05, 0) is 26.0 Å². The fraction of sp³-hybridized carbons (Fsp3) is 0.273. The maximum absolute atomic E-state index is 12.5. The van der Waals surface area contributed by atoms with E-state index in [0.717, 1.165) is 26.0 Å². The number of carbonyl (C=O) groups excluding carboxylic acids is 2. The SMILES string of the molecule is CC(=O)[O-].CC(=O)[O-].O=[N+]([O-])c1cc(F)ccc1C(O)O. The molecular weight excluding hydrogens is 293 g/mol. The van der Waals surface area contributed by atoms with E-state index in [2.05, 4.69) is 0 Å². The predicted molar refractivity (Wildman–Crippen MR) is 61.6 cm³/mol. The van der Waals surface area contributed by atoms with Crippen molar-refractivity contribution in [2.24, 2.45) is 0 Å². The number of halogens is 1. The third kappa shape index (κ3) is 12.2. The molecule has 21 heavy (non-hydrogen) atoms. The van der Waals surface area contributed by atoms with Crippen LogP contribution in [0.1, 0.15) is 25.7 Å². The van der Waals surface area contributed by atoms with Gasteiger partial charge in [0.05, 0.1) is 16.6 Å². The molecule has 0 bridgehead atoms. The lowest BCUT2D eigenvalue weighted by atomic mass is 10.1. The second-order valence-corrected chi connectivity index (χ2v) is 3.32. The standard InChI is InChI=1S/C7H6FNO4.2C2H4O2/c8-4-1-2-5(7(10)11)6(3-4)9(12)13;2*1-2(3)4/h1-3,7,10-11H;2*1H3,(H,3,4)/p-2. The van der Waals surface area contributed by atoms with Crippen LogP contribution in [0.25, 0.3) is 0 Å². The summed E-state index contributed by atoms with van der Waals surface area (Å²) in [6.45, 7) is 1.94. The van der Waals surface area contributed by atoms with E-state index in [9.17, 15) is 14.5 Å². The molecule has 1 aromatic carbocycles. The van der Waals surface area contributed by atoms with Crippen LogP contribution in [0.4, 0.5) is 10.1 Å². The number of hydrogen-bond donors (Lipinski definition) is 2. The van der Waals surface area contributed by atoms with Crippen LogP contribution in [0.15, 0.2) is 18.2 Å². The van der Waals surface area contributed by atoms with Gasteiger partial charge in [-0.2, -0.15) is 0 Å². The van der Waals surface area contributed by atoms with Crippen molar-refractivity contribution in [1.82, 2.24) is 0 Å². The fourth-order valence-corrected chi connectivity index (χ4v) is 0.893. The Morgan fingerprint density at radius 1 is 1.19 bits per heavy atom. The van der Waals surface area contributed by atoms with Gasteiger partial charge in [0.1, 0.15) is 5.82 Å². The minimum Gasteiger partial charge on any atom is -0.550 e. The first kappa shape index (κ1) is 20.7. The van der Waals surface area contributed by atoms with Crippen molar-refractivity contribution in [2.75, 3.05) is 0 Å². The van der Waals surface area contributed by atoms with Crippen molar-refractivity contribution in [3.63, 3.8) is 0 Å². The van der Waals surface area contributed by atoms with Crippen LogP contribution >= 0.6 is 0 Å². The van der Waals surface area contributed by atoms with E-state index in [-0.39, 0.29) is 5.56 Å². The third-order valence-electron chi connectivity index (χ3n) is 1.47. The highest BCUT2D eigenvalue weighted by Gasteiger charge is 2.19. The number of benzene rings is 1. The third-order valence-corrected chi connectivity index (χ3v) is 1.47. The summed E-state index contributed by atoms with van der Waals surface area (Å²) >= 11 is 0. The average molecular weight is 305 g/mol. The van der Waals surface area contributed by atoms with Crippen molar-refractivity contribution >= 4 is 17.6 Å². The second kappa shape index (κ2) is 10.2. The molecule has 0 unspecified atom stereocenters. The predicted octanol–water partition coefficient (Wildman–Crippen LogP) is -1.77. The summed E-state index contributed by atoms with van der Waals surface area (Å²) in [5, 5.41) is 45.4. The van der Waals surface area contributed by atoms with Gasteiger partial charge in [-0.3, -0.25) is 10.1 Å². The number of nitro groups is 1. The Hall–Kier alpha value is -2.59. The van der Waals surface area contributed by atoms with E-state index in [4.69, 9.17) is 30.0 Å². The first-order valence-corrected chi connectivity index (χ1v) is 5.14.